The molecule has 1 heterocycles. The number of nitrogens with one attached hydrogen (secondary N) is 1. The van der Waals surface area contributed by atoms with Crippen LogP contribution in [0.1, 0.15) is 19.8 Å². The zero-order valence-corrected chi connectivity index (χ0v) is 10.9. The Labute approximate surface area is 111 Å². The molecule has 1 aliphatic rings. The third-order valence-electron chi connectivity index (χ3n) is 3.59. The molecule has 1 unspecified atom stereocenters. The summed E-state index contributed by atoms with van der Waals surface area (Å²) >= 11 is 0. The SMILES string of the molecule is CCN1CCCC1CNc1ccc(F)cc1[N+](=O)[O-]. The summed E-state index contributed by atoms with van der Waals surface area (Å²) in [6, 6.07) is 4.02. The minimum absolute atomic E-state index is 0.207. The monoisotopic (exact) mass is 267 g/mol. The van der Waals surface area contributed by atoms with Gasteiger partial charge < -0.3 is 5.32 Å². The number of benzene rings is 1. The van der Waals surface area contributed by atoms with E-state index in [-0.39, 0.29) is 5.69 Å². The van der Waals surface area contributed by atoms with E-state index in [1.807, 2.05) is 0 Å². The summed E-state index contributed by atoms with van der Waals surface area (Å²) in [5.41, 5.74) is 0.176. The molecule has 0 amide bonds. The van der Waals surface area contributed by atoms with Crippen LogP contribution in [0.15, 0.2) is 18.2 Å². The number of hydrogen-bond donors (Lipinski definition) is 1. The van der Waals surface area contributed by atoms with Gasteiger partial charge in [0, 0.05) is 12.6 Å². The average molecular weight is 267 g/mol. The molecule has 0 spiro atoms. The van der Waals surface area contributed by atoms with Crippen molar-refractivity contribution in [2.24, 2.45) is 0 Å². The lowest BCUT2D eigenvalue weighted by Gasteiger charge is -2.23. The van der Waals surface area contributed by atoms with Crippen molar-refractivity contribution in [1.82, 2.24) is 4.90 Å². The van der Waals surface area contributed by atoms with Gasteiger partial charge in [0.1, 0.15) is 11.5 Å². The Morgan fingerprint density at radius 3 is 3.05 bits per heavy atom. The summed E-state index contributed by atoms with van der Waals surface area (Å²) in [5.74, 6) is -0.590. The Morgan fingerprint density at radius 2 is 2.37 bits per heavy atom. The quantitative estimate of drug-likeness (QED) is 0.658. The highest BCUT2D eigenvalue weighted by Gasteiger charge is 2.23. The van der Waals surface area contributed by atoms with Gasteiger partial charge in [0.2, 0.25) is 0 Å². The second-order valence-electron chi connectivity index (χ2n) is 4.72. The van der Waals surface area contributed by atoms with E-state index in [0.29, 0.717) is 18.3 Å². The third-order valence-corrected chi connectivity index (χ3v) is 3.59. The highest BCUT2D eigenvalue weighted by Crippen LogP contribution is 2.26. The minimum atomic E-state index is -0.590. The molecule has 1 saturated heterocycles. The number of likely N-dealkylation sites (tertiary alicyclic amines) is 1. The lowest BCUT2D eigenvalue weighted by molar-refractivity contribution is -0.384. The molecule has 19 heavy (non-hydrogen) atoms. The zero-order valence-electron chi connectivity index (χ0n) is 10.9. The molecule has 1 aromatic carbocycles. The van der Waals surface area contributed by atoms with E-state index >= 15 is 0 Å². The summed E-state index contributed by atoms with van der Waals surface area (Å²) in [6.45, 7) is 4.82. The van der Waals surface area contributed by atoms with Crippen molar-refractivity contribution in [3.8, 4) is 0 Å². The molecule has 2 rings (SSSR count). The van der Waals surface area contributed by atoms with Gasteiger partial charge in [-0.1, -0.05) is 6.92 Å². The number of rotatable bonds is 5. The molecule has 1 aliphatic heterocycles. The number of anilines is 1. The number of nitro benzene ring substituents is 1. The normalized spacial score (nSPS) is 19.6. The molecular formula is C13H18FN3O2. The maximum atomic E-state index is 13.0. The standard InChI is InChI=1S/C13H18FN3O2/c1-2-16-7-3-4-11(16)9-15-12-6-5-10(14)8-13(12)17(18)19/h5-6,8,11,15H,2-4,7,9H2,1H3. The van der Waals surface area contributed by atoms with Crippen LogP contribution in [0.25, 0.3) is 0 Å². The summed E-state index contributed by atoms with van der Waals surface area (Å²) in [6.07, 6.45) is 2.25. The van der Waals surface area contributed by atoms with E-state index in [0.717, 1.165) is 32.0 Å². The average Bonchev–Trinajstić information content (AvgIpc) is 2.84. The molecule has 5 nitrogen and oxygen atoms in total. The predicted octanol–water partition coefficient (Wildman–Crippen LogP) is 2.63. The first-order valence-electron chi connectivity index (χ1n) is 6.53. The lowest BCUT2D eigenvalue weighted by Crippen LogP contribution is -2.34. The predicted molar refractivity (Wildman–Crippen MR) is 71.8 cm³/mol. The molecule has 1 aromatic rings. The summed E-state index contributed by atoms with van der Waals surface area (Å²) in [4.78, 5) is 12.7. The van der Waals surface area contributed by atoms with Crippen molar-refractivity contribution in [3.63, 3.8) is 0 Å². The first-order valence-corrected chi connectivity index (χ1v) is 6.53. The summed E-state index contributed by atoms with van der Waals surface area (Å²) < 4.78 is 13.0. The fraction of sp³-hybridized carbons (Fsp3) is 0.538. The molecule has 1 fully saturated rings. The van der Waals surface area contributed by atoms with Crippen LogP contribution in [0, 0.1) is 15.9 Å². The summed E-state index contributed by atoms with van der Waals surface area (Å²) in [5, 5.41) is 14.0. The van der Waals surface area contributed by atoms with Crippen molar-refractivity contribution in [3.05, 3.63) is 34.1 Å². The molecule has 6 heteroatoms. The highest BCUT2D eigenvalue weighted by atomic mass is 19.1. The number of hydrogen-bond acceptors (Lipinski definition) is 4. The molecule has 104 valence electrons. The van der Waals surface area contributed by atoms with Crippen LogP contribution in [0.4, 0.5) is 15.8 Å². The first-order chi connectivity index (χ1) is 9.11. The minimum Gasteiger partial charge on any atom is -0.378 e. The highest BCUT2D eigenvalue weighted by molar-refractivity contribution is 5.61. The van der Waals surface area contributed by atoms with Gasteiger partial charge >= 0.3 is 0 Å². The molecule has 0 aromatic heterocycles. The lowest BCUT2D eigenvalue weighted by atomic mass is 10.2. The van der Waals surface area contributed by atoms with Crippen molar-refractivity contribution >= 4 is 11.4 Å². The van der Waals surface area contributed by atoms with E-state index in [1.165, 1.54) is 12.1 Å². The molecule has 1 atom stereocenters. The van der Waals surface area contributed by atoms with Gasteiger partial charge in [0.25, 0.3) is 5.69 Å². The maximum absolute atomic E-state index is 13.0. The Morgan fingerprint density at radius 1 is 1.58 bits per heavy atom. The van der Waals surface area contributed by atoms with E-state index in [2.05, 4.69) is 17.1 Å². The molecule has 0 radical (unpaired) electrons. The molecule has 0 aliphatic carbocycles. The van der Waals surface area contributed by atoms with E-state index in [4.69, 9.17) is 0 Å². The van der Waals surface area contributed by atoms with Gasteiger partial charge in [-0.3, -0.25) is 15.0 Å². The maximum Gasteiger partial charge on any atom is 0.295 e. The molecule has 0 saturated carbocycles. The van der Waals surface area contributed by atoms with E-state index < -0.39 is 10.7 Å². The van der Waals surface area contributed by atoms with Crippen LogP contribution < -0.4 is 5.32 Å². The second-order valence-corrected chi connectivity index (χ2v) is 4.72. The third kappa shape index (κ3) is 3.20. The number of nitro groups is 1. The Bertz CT molecular complexity index is 467. The van der Waals surface area contributed by atoms with Crippen LogP contribution in [0.3, 0.4) is 0 Å². The van der Waals surface area contributed by atoms with Crippen molar-refractivity contribution in [1.29, 1.82) is 0 Å². The van der Waals surface area contributed by atoms with Gasteiger partial charge in [0.15, 0.2) is 0 Å². The molecule has 0 bridgehead atoms. The topological polar surface area (TPSA) is 58.4 Å². The number of nitrogens with zero attached hydrogens (tertiary/aromatic N) is 2. The number of halogens is 1. The van der Waals surface area contributed by atoms with Gasteiger partial charge in [-0.05, 0) is 38.1 Å². The smallest absolute Gasteiger partial charge is 0.295 e. The second kappa shape index (κ2) is 5.97. The first kappa shape index (κ1) is 13.7. The van der Waals surface area contributed by atoms with Crippen LogP contribution in [0.5, 0.6) is 0 Å². The fourth-order valence-corrected chi connectivity index (χ4v) is 2.58. The van der Waals surface area contributed by atoms with Crippen LogP contribution in [-0.2, 0) is 0 Å². The van der Waals surface area contributed by atoms with E-state index in [9.17, 15) is 14.5 Å². The van der Waals surface area contributed by atoms with Crippen LogP contribution >= 0.6 is 0 Å². The molecule has 1 N–H and O–H groups in total. The largest absolute Gasteiger partial charge is 0.378 e. The zero-order chi connectivity index (χ0) is 13.8. The summed E-state index contributed by atoms with van der Waals surface area (Å²) in [7, 11) is 0. The van der Waals surface area contributed by atoms with Gasteiger partial charge in [-0.15, -0.1) is 0 Å². The Hall–Kier alpha value is -1.69. The van der Waals surface area contributed by atoms with Crippen LogP contribution in [0.2, 0.25) is 0 Å². The van der Waals surface area contributed by atoms with Gasteiger partial charge in [-0.2, -0.15) is 0 Å². The van der Waals surface area contributed by atoms with Crippen LogP contribution in [-0.4, -0.2) is 35.5 Å². The Kier molecular flexibility index (Phi) is 4.31. The van der Waals surface area contributed by atoms with Gasteiger partial charge in [-0.25, -0.2) is 4.39 Å². The fourth-order valence-electron chi connectivity index (χ4n) is 2.58. The Balaban J connectivity index is 2.05. The van der Waals surface area contributed by atoms with Gasteiger partial charge in [0.05, 0.1) is 11.0 Å². The van der Waals surface area contributed by atoms with Crippen molar-refractivity contribution < 1.29 is 9.31 Å². The number of likely N-dealkylation sites (N-methyl/N-ethyl adjacent to an activating group) is 1. The van der Waals surface area contributed by atoms with Crippen molar-refractivity contribution in [2.75, 3.05) is 25.0 Å². The molecular weight excluding hydrogens is 249 g/mol. The van der Waals surface area contributed by atoms with E-state index in [1.54, 1.807) is 0 Å². The van der Waals surface area contributed by atoms with Crippen molar-refractivity contribution in [2.45, 2.75) is 25.8 Å².